The molecule has 152 valence electrons. The van der Waals surface area contributed by atoms with E-state index in [0.29, 0.717) is 25.3 Å². The van der Waals surface area contributed by atoms with E-state index in [0.717, 1.165) is 36.8 Å². The largest absolute Gasteiger partial charge is 0.383 e. The second kappa shape index (κ2) is 8.37. The van der Waals surface area contributed by atoms with Crippen LogP contribution in [-0.4, -0.2) is 42.5 Å². The van der Waals surface area contributed by atoms with Crippen molar-refractivity contribution in [2.45, 2.75) is 43.7 Å². The van der Waals surface area contributed by atoms with Gasteiger partial charge in [-0.15, -0.1) is 0 Å². The van der Waals surface area contributed by atoms with Crippen LogP contribution in [0.3, 0.4) is 0 Å². The minimum Gasteiger partial charge on any atom is -0.383 e. The Balaban J connectivity index is 1.71. The van der Waals surface area contributed by atoms with Crippen LogP contribution in [0, 0.1) is 0 Å². The molecule has 5 nitrogen and oxygen atoms in total. The van der Waals surface area contributed by atoms with Crippen molar-refractivity contribution in [3.63, 3.8) is 0 Å². The Kier molecular flexibility index (Phi) is 5.67. The minimum atomic E-state index is -0.468. The fourth-order valence-corrected chi connectivity index (χ4v) is 5.06. The lowest BCUT2D eigenvalue weighted by Crippen LogP contribution is -2.61. The number of benzene rings is 2. The van der Waals surface area contributed by atoms with Gasteiger partial charge < -0.3 is 15.0 Å². The average Bonchev–Trinajstić information content (AvgIpc) is 3.23. The van der Waals surface area contributed by atoms with Crippen molar-refractivity contribution in [1.82, 2.24) is 10.2 Å². The van der Waals surface area contributed by atoms with E-state index in [9.17, 15) is 9.59 Å². The molecule has 0 radical (unpaired) electrons. The van der Waals surface area contributed by atoms with Crippen LogP contribution in [0.2, 0.25) is 0 Å². The van der Waals surface area contributed by atoms with Gasteiger partial charge in [-0.3, -0.25) is 9.59 Å². The van der Waals surface area contributed by atoms with Gasteiger partial charge in [0.05, 0.1) is 18.1 Å². The summed E-state index contributed by atoms with van der Waals surface area (Å²) in [7, 11) is 1.65. The lowest BCUT2D eigenvalue weighted by atomic mass is 9.71. The zero-order valence-corrected chi connectivity index (χ0v) is 16.9. The summed E-state index contributed by atoms with van der Waals surface area (Å²) in [5, 5.41) is 3.14. The van der Waals surface area contributed by atoms with Crippen LogP contribution in [0.15, 0.2) is 54.6 Å². The van der Waals surface area contributed by atoms with Crippen LogP contribution in [-0.2, 0) is 16.1 Å². The van der Waals surface area contributed by atoms with Gasteiger partial charge in [0.2, 0.25) is 5.91 Å². The lowest BCUT2D eigenvalue weighted by molar-refractivity contribution is -0.126. The Morgan fingerprint density at radius 3 is 2.52 bits per heavy atom. The van der Waals surface area contributed by atoms with Crippen LogP contribution in [0.25, 0.3) is 0 Å². The molecule has 0 bridgehead atoms. The third-order valence-electron chi connectivity index (χ3n) is 6.38. The van der Waals surface area contributed by atoms with Gasteiger partial charge in [-0.2, -0.15) is 0 Å². The molecule has 29 heavy (non-hydrogen) atoms. The summed E-state index contributed by atoms with van der Waals surface area (Å²) in [6, 6.07) is 17.5. The number of ether oxygens (including phenoxy) is 1. The monoisotopic (exact) mass is 392 g/mol. The highest BCUT2D eigenvalue weighted by atomic mass is 16.5. The Morgan fingerprint density at radius 2 is 1.79 bits per heavy atom. The number of carbonyl (C=O) groups is 2. The standard InChI is InChI=1S/C24H28N2O3/c1-29-16-15-26-23(28)20-12-6-5-11-19(20)21(24(26)13-7-8-14-24)22(27)25-17-18-9-3-2-4-10-18/h2-6,9-12,21H,7-8,13-17H2,1H3,(H,25,27)/t21-/m1/s1. The molecule has 0 aromatic heterocycles. The van der Waals surface area contributed by atoms with Gasteiger partial charge >= 0.3 is 0 Å². The smallest absolute Gasteiger partial charge is 0.254 e. The van der Waals surface area contributed by atoms with E-state index >= 15 is 0 Å². The molecule has 1 aliphatic heterocycles. The van der Waals surface area contributed by atoms with Gasteiger partial charge in [0.15, 0.2) is 0 Å². The summed E-state index contributed by atoms with van der Waals surface area (Å²) in [4.78, 5) is 28.8. The minimum absolute atomic E-state index is 0.00174. The predicted octanol–water partition coefficient (Wildman–Crippen LogP) is 3.50. The maximum atomic E-state index is 13.5. The lowest BCUT2D eigenvalue weighted by Gasteiger charge is -2.50. The molecule has 1 atom stereocenters. The zero-order chi connectivity index (χ0) is 20.3. The number of hydrogen-bond donors (Lipinski definition) is 1. The number of nitrogens with one attached hydrogen (secondary N) is 1. The summed E-state index contributed by atoms with van der Waals surface area (Å²) in [6.45, 7) is 1.46. The zero-order valence-electron chi connectivity index (χ0n) is 16.9. The van der Waals surface area contributed by atoms with E-state index in [1.165, 1.54) is 0 Å². The molecule has 2 aliphatic rings. The SMILES string of the molecule is COCCN1C(=O)c2ccccc2[C@H](C(=O)NCc2ccccc2)C12CCCC2. The highest BCUT2D eigenvalue weighted by molar-refractivity contribution is 6.02. The van der Waals surface area contributed by atoms with Gasteiger partial charge in [-0.1, -0.05) is 61.4 Å². The van der Waals surface area contributed by atoms with Crippen LogP contribution >= 0.6 is 0 Å². The number of methoxy groups -OCH3 is 1. The quantitative estimate of drug-likeness (QED) is 0.819. The fraction of sp³-hybridized carbons (Fsp3) is 0.417. The average molecular weight is 392 g/mol. The second-order valence-corrected chi connectivity index (χ2v) is 7.98. The molecule has 1 heterocycles. The third-order valence-corrected chi connectivity index (χ3v) is 6.38. The van der Waals surface area contributed by atoms with Gasteiger partial charge in [-0.25, -0.2) is 0 Å². The first kappa shape index (κ1) is 19.6. The topological polar surface area (TPSA) is 58.6 Å². The maximum Gasteiger partial charge on any atom is 0.254 e. The van der Waals surface area contributed by atoms with E-state index in [1.54, 1.807) is 7.11 Å². The molecule has 1 saturated carbocycles. The van der Waals surface area contributed by atoms with Crippen molar-refractivity contribution in [3.05, 3.63) is 71.3 Å². The highest BCUT2D eigenvalue weighted by Gasteiger charge is 2.55. The van der Waals surface area contributed by atoms with Gasteiger partial charge in [0.1, 0.15) is 0 Å². The van der Waals surface area contributed by atoms with Crippen molar-refractivity contribution in [2.24, 2.45) is 0 Å². The predicted molar refractivity (Wildman–Crippen MR) is 112 cm³/mol. The van der Waals surface area contributed by atoms with Crippen molar-refractivity contribution < 1.29 is 14.3 Å². The van der Waals surface area contributed by atoms with E-state index in [-0.39, 0.29) is 17.7 Å². The third kappa shape index (κ3) is 3.55. The van der Waals surface area contributed by atoms with Crippen molar-refractivity contribution in [3.8, 4) is 0 Å². The van der Waals surface area contributed by atoms with Crippen LogP contribution in [0.5, 0.6) is 0 Å². The summed E-state index contributed by atoms with van der Waals surface area (Å²) in [5.41, 5.74) is 2.10. The molecule has 5 heteroatoms. The molecule has 4 rings (SSSR count). The van der Waals surface area contributed by atoms with Gasteiger partial charge in [0, 0.05) is 25.8 Å². The van der Waals surface area contributed by atoms with Crippen LogP contribution < -0.4 is 5.32 Å². The normalized spacial score (nSPS) is 20.0. The number of carbonyl (C=O) groups excluding carboxylic acids is 2. The summed E-state index contributed by atoms with van der Waals surface area (Å²) in [5.74, 6) is -0.343. The Morgan fingerprint density at radius 1 is 1.10 bits per heavy atom. The Labute approximate surface area is 172 Å². The molecular weight excluding hydrogens is 364 g/mol. The number of rotatable bonds is 6. The highest BCUT2D eigenvalue weighted by Crippen LogP contribution is 2.50. The summed E-state index contributed by atoms with van der Waals surface area (Å²) >= 11 is 0. The molecule has 1 aliphatic carbocycles. The van der Waals surface area contributed by atoms with E-state index in [1.807, 2.05) is 59.5 Å². The first-order valence-corrected chi connectivity index (χ1v) is 10.4. The maximum absolute atomic E-state index is 13.5. The van der Waals surface area contributed by atoms with Crippen molar-refractivity contribution in [1.29, 1.82) is 0 Å². The molecule has 1 fully saturated rings. The number of nitrogens with zero attached hydrogens (tertiary/aromatic N) is 1. The second-order valence-electron chi connectivity index (χ2n) is 7.98. The first-order chi connectivity index (χ1) is 14.2. The number of fused-ring (bicyclic) bond motifs is 1. The van der Waals surface area contributed by atoms with Crippen molar-refractivity contribution in [2.75, 3.05) is 20.3 Å². The van der Waals surface area contributed by atoms with E-state index in [2.05, 4.69) is 5.32 Å². The van der Waals surface area contributed by atoms with Gasteiger partial charge in [0.25, 0.3) is 5.91 Å². The Hall–Kier alpha value is -2.66. The molecule has 2 aromatic rings. The van der Waals surface area contributed by atoms with Gasteiger partial charge in [-0.05, 0) is 30.0 Å². The van der Waals surface area contributed by atoms with E-state index < -0.39 is 5.54 Å². The molecule has 0 unspecified atom stereocenters. The Bertz CT molecular complexity index is 875. The first-order valence-electron chi connectivity index (χ1n) is 10.4. The summed E-state index contributed by atoms with van der Waals surface area (Å²) in [6.07, 6.45) is 3.75. The number of amides is 2. The summed E-state index contributed by atoms with van der Waals surface area (Å²) < 4.78 is 5.29. The molecular formula is C24H28N2O3. The van der Waals surface area contributed by atoms with Crippen molar-refractivity contribution >= 4 is 11.8 Å². The number of hydrogen-bond acceptors (Lipinski definition) is 3. The fourth-order valence-electron chi connectivity index (χ4n) is 5.06. The van der Waals surface area contributed by atoms with Crippen LogP contribution in [0.1, 0.15) is 53.1 Å². The van der Waals surface area contributed by atoms with Crippen LogP contribution in [0.4, 0.5) is 0 Å². The molecule has 2 aromatic carbocycles. The molecule has 2 amide bonds. The molecule has 1 spiro atoms. The molecule has 1 N–H and O–H groups in total. The van der Waals surface area contributed by atoms with E-state index in [4.69, 9.17) is 4.74 Å². The molecule has 0 saturated heterocycles.